The minimum atomic E-state index is -0.956. The summed E-state index contributed by atoms with van der Waals surface area (Å²) in [6, 6.07) is 12.6. The number of rotatable bonds is 8. The zero-order valence-corrected chi connectivity index (χ0v) is 15.0. The summed E-state index contributed by atoms with van der Waals surface area (Å²) in [5, 5.41) is 11.0. The van der Waals surface area contributed by atoms with E-state index in [2.05, 4.69) is 0 Å². The molecule has 0 amide bonds. The molecule has 0 N–H and O–H groups in total. The van der Waals surface area contributed by atoms with Crippen LogP contribution in [0.2, 0.25) is 0 Å². The highest BCUT2D eigenvalue weighted by molar-refractivity contribution is 8.00. The lowest BCUT2D eigenvalue weighted by molar-refractivity contribution is -0.387. The Morgan fingerprint density at radius 2 is 1.81 bits per heavy atom. The van der Waals surface area contributed by atoms with Gasteiger partial charge in [0, 0.05) is 11.6 Å². The summed E-state index contributed by atoms with van der Waals surface area (Å²) in [6.45, 7) is 1.49. The Balaban J connectivity index is 1.92. The summed E-state index contributed by atoms with van der Waals surface area (Å²) >= 11 is 0.994. The minimum absolute atomic E-state index is 0.0762. The van der Waals surface area contributed by atoms with Crippen LogP contribution in [0.4, 0.5) is 5.69 Å². The van der Waals surface area contributed by atoms with Crippen molar-refractivity contribution in [3.05, 3.63) is 64.2 Å². The minimum Gasteiger partial charge on any atom is -0.497 e. The number of nitro groups is 1. The average molecular weight is 375 g/mol. The van der Waals surface area contributed by atoms with Crippen molar-refractivity contribution in [2.75, 3.05) is 12.9 Å². The second-order valence-electron chi connectivity index (χ2n) is 5.24. The molecule has 0 fully saturated rings. The van der Waals surface area contributed by atoms with E-state index in [9.17, 15) is 19.7 Å². The molecule has 26 heavy (non-hydrogen) atoms. The molecule has 2 rings (SSSR count). The van der Waals surface area contributed by atoms with Gasteiger partial charge in [-0.25, -0.2) is 0 Å². The third-order valence-corrected chi connectivity index (χ3v) is 4.50. The molecule has 7 nitrogen and oxygen atoms in total. The first-order valence-corrected chi connectivity index (χ1v) is 8.65. The lowest BCUT2D eigenvalue weighted by Crippen LogP contribution is -2.25. The maximum absolute atomic E-state index is 12.3. The van der Waals surface area contributed by atoms with Crippen molar-refractivity contribution < 1.29 is 24.0 Å². The predicted octanol–water partition coefficient (Wildman–Crippen LogP) is 3.51. The van der Waals surface area contributed by atoms with Crippen LogP contribution in [0.15, 0.2) is 53.4 Å². The number of thioether (sulfide) groups is 1. The number of nitro benzene ring substituents is 1. The van der Waals surface area contributed by atoms with Gasteiger partial charge >= 0.3 is 5.97 Å². The molecule has 8 heteroatoms. The van der Waals surface area contributed by atoms with Gasteiger partial charge in [-0.3, -0.25) is 19.7 Å². The highest BCUT2D eigenvalue weighted by Gasteiger charge is 2.21. The van der Waals surface area contributed by atoms with Crippen molar-refractivity contribution >= 4 is 29.2 Å². The molecule has 1 atom stereocenters. The Morgan fingerprint density at radius 3 is 2.42 bits per heavy atom. The summed E-state index contributed by atoms with van der Waals surface area (Å²) in [5.74, 6) is -0.475. The number of nitrogens with zero attached hydrogens (tertiary/aromatic N) is 1. The fourth-order valence-corrected chi connectivity index (χ4v) is 2.95. The molecular weight excluding hydrogens is 358 g/mol. The number of para-hydroxylation sites is 1. The molecule has 136 valence electrons. The third kappa shape index (κ3) is 5.06. The summed E-state index contributed by atoms with van der Waals surface area (Å²) in [7, 11) is 1.52. The molecule has 2 aromatic rings. The van der Waals surface area contributed by atoms with Gasteiger partial charge in [0.15, 0.2) is 6.10 Å². The van der Waals surface area contributed by atoms with Gasteiger partial charge in [-0.2, -0.15) is 0 Å². The van der Waals surface area contributed by atoms with Gasteiger partial charge in [0.25, 0.3) is 5.69 Å². The maximum atomic E-state index is 12.3. The van der Waals surface area contributed by atoms with Crippen molar-refractivity contribution in [1.82, 2.24) is 0 Å². The molecule has 0 aromatic heterocycles. The molecule has 0 heterocycles. The fraction of sp³-hybridized carbons (Fsp3) is 0.222. The van der Waals surface area contributed by atoms with Crippen LogP contribution in [-0.2, 0) is 9.53 Å². The number of ether oxygens (including phenoxy) is 2. The quantitative estimate of drug-likeness (QED) is 0.229. The Kier molecular flexibility index (Phi) is 6.74. The zero-order chi connectivity index (χ0) is 19.1. The number of hydrogen-bond acceptors (Lipinski definition) is 7. The molecule has 0 saturated carbocycles. The van der Waals surface area contributed by atoms with E-state index in [1.54, 1.807) is 42.5 Å². The number of benzene rings is 2. The summed E-state index contributed by atoms with van der Waals surface area (Å²) in [5.41, 5.74) is 0.324. The van der Waals surface area contributed by atoms with Crippen molar-refractivity contribution in [1.29, 1.82) is 0 Å². The molecular formula is C18H17NO6S. The normalized spacial score (nSPS) is 11.5. The lowest BCUT2D eigenvalue weighted by Gasteiger charge is -2.12. The molecule has 2 aromatic carbocycles. The highest BCUT2D eigenvalue weighted by Crippen LogP contribution is 2.28. The SMILES string of the molecule is COc1ccc(C(=O)[C@@H](C)OC(=O)CSc2ccccc2[N+](=O)[O-])cc1. The van der Waals surface area contributed by atoms with E-state index < -0.39 is 17.0 Å². The van der Waals surface area contributed by atoms with Crippen molar-refractivity contribution in [3.8, 4) is 5.75 Å². The zero-order valence-electron chi connectivity index (χ0n) is 14.2. The summed E-state index contributed by atoms with van der Waals surface area (Å²) < 4.78 is 10.2. The Bertz CT molecular complexity index is 806. The predicted molar refractivity (Wildman–Crippen MR) is 96.7 cm³/mol. The van der Waals surface area contributed by atoms with E-state index in [4.69, 9.17) is 9.47 Å². The van der Waals surface area contributed by atoms with Crippen molar-refractivity contribution in [3.63, 3.8) is 0 Å². The number of ketones is 1. The number of esters is 1. The lowest BCUT2D eigenvalue weighted by atomic mass is 10.1. The largest absolute Gasteiger partial charge is 0.497 e. The molecule has 0 radical (unpaired) electrons. The van der Waals surface area contributed by atoms with E-state index in [-0.39, 0.29) is 17.2 Å². The topological polar surface area (TPSA) is 95.7 Å². The molecule has 0 aliphatic heterocycles. The standard InChI is InChI=1S/C18H17NO6S/c1-12(18(21)13-7-9-14(24-2)10-8-13)25-17(20)11-26-16-6-4-3-5-15(16)19(22)23/h3-10,12H,11H2,1-2H3/t12-/m1/s1. The third-order valence-electron chi connectivity index (χ3n) is 3.46. The van der Waals surface area contributed by atoms with E-state index in [0.29, 0.717) is 16.2 Å². The first kappa shape index (κ1) is 19.5. The second-order valence-corrected chi connectivity index (χ2v) is 6.26. The van der Waals surface area contributed by atoms with E-state index in [1.807, 2.05) is 0 Å². The van der Waals surface area contributed by atoms with Crippen LogP contribution in [0.25, 0.3) is 0 Å². The van der Waals surface area contributed by atoms with Gasteiger partial charge < -0.3 is 9.47 Å². The number of carbonyl (C=O) groups excluding carboxylic acids is 2. The number of carbonyl (C=O) groups is 2. The summed E-state index contributed by atoms with van der Waals surface area (Å²) in [6.07, 6.45) is -0.956. The van der Waals surface area contributed by atoms with E-state index in [0.717, 1.165) is 11.8 Å². The van der Waals surface area contributed by atoms with E-state index in [1.165, 1.54) is 20.1 Å². The highest BCUT2D eigenvalue weighted by atomic mass is 32.2. The van der Waals surface area contributed by atoms with Crippen LogP contribution < -0.4 is 4.74 Å². The smallest absolute Gasteiger partial charge is 0.316 e. The Hall–Kier alpha value is -2.87. The first-order chi connectivity index (χ1) is 12.4. The number of Topliss-reactive ketones (excluding diaryl/α,β-unsaturated/α-hetero) is 1. The van der Waals surface area contributed by atoms with Crippen LogP contribution in [0.5, 0.6) is 5.75 Å². The molecule has 0 saturated heterocycles. The number of hydrogen-bond donors (Lipinski definition) is 0. The van der Waals surface area contributed by atoms with Crippen LogP contribution in [-0.4, -0.2) is 35.6 Å². The van der Waals surface area contributed by atoms with Crippen molar-refractivity contribution in [2.24, 2.45) is 0 Å². The first-order valence-electron chi connectivity index (χ1n) is 7.66. The van der Waals surface area contributed by atoms with Crippen molar-refractivity contribution in [2.45, 2.75) is 17.9 Å². The Morgan fingerprint density at radius 1 is 1.15 bits per heavy atom. The van der Waals surface area contributed by atoms with Crippen LogP contribution in [0, 0.1) is 10.1 Å². The molecule has 0 bridgehead atoms. The van der Waals surface area contributed by atoms with Crippen LogP contribution >= 0.6 is 11.8 Å². The molecule has 0 unspecified atom stereocenters. The average Bonchev–Trinajstić information content (AvgIpc) is 2.66. The van der Waals surface area contributed by atoms with E-state index >= 15 is 0 Å². The molecule has 0 spiro atoms. The van der Waals surface area contributed by atoms with Gasteiger partial charge in [-0.1, -0.05) is 12.1 Å². The van der Waals surface area contributed by atoms with Crippen LogP contribution in [0.3, 0.4) is 0 Å². The fourth-order valence-electron chi connectivity index (χ4n) is 2.14. The van der Waals surface area contributed by atoms with Gasteiger partial charge in [-0.05, 0) is 37.3 Å². The Labute approximate surface area is 154 Å². The van der Waals surface area contributed by atoms with Crippen LogP contribution in [0.1, 0.15) is 17.3 Å². The second kappa shape index (κ2) is 9.00. The van der Waals surface area contributed by atoms with Gasteiger partial charge in [-0.15, -0.1) is 11.8 Å². The maximum Gasteiger partial charge on any atom is 0.316 e. The molecule has 0 aliphatic rings. The van der Waals surface area contributed by atoms with Gasteiger partial charge in [0.05, 0.1) is 22.7 Å². The monoisotopic (exact) mass is 375 g/mol. The van der Waals surface area contributed by atoms with Gasteiger partial charge in [0.1, 0.15) is 5.75 Å². The summed E-state index contributed by atoms with van der Waals surface area (Å²) in [4.78, 5) is 35.1. The molecule has 0 aliphatic carbocycles. The number of methoxy groups -OCH3 is 1. The van der Waals surface area contributed by atoms with Gasteiger partial charge in [0.2, 0.25) is 5.78 Å².